The van der Waals surface area contributed by atoms with Gasteiger partial charge in [-0.05, 0) is 94.3 Å². The van der Waals surface area contributed by atoms with E-state index in [0.29, 0.717) is 18.0 Å². The summed E-state index contributed by atoms with van der Waals surface area (Å²) in [7, 11) is 0. The van der Waals surface area contributed by atoms with Crippen LogP contribution in [0.15, 0.2) is 54.6 Å². The van der Waals surface area contributed by atoms with Crippen molar-refractivity contribution < 1.29 is 19.4 Å². The van der Waals surface area contributed by atoms with E-state index in [1.807, 2.05) is 64.1 Å². The van der Waals surface area contributed by atoms with Crippen molar-refractivity contribution in [1.82, 2.24) is 5.32 Å². The number of nitrogens with one attached hydrogen (secondary N) is 1. The van der Waals surface area contributed by atoms with Gasteiger partial charge in [0.05, 0.1) is 17.2 Å². The fourth-order valence-electron chi connectivity index (χ4n) is 3.73. The summed E-state index contributed by atoms with van der Waals surface area (Å²) in [6.45, 7) is 15.9. The van der Waals surface area contributed by atoms with Gasteiger partial charge in [0.15, 0.2) is 6.10 Å². The summed E-state index contributed by atoms with van der Waals surface area (Å²) in [5.74, 6) is -0.178. The lowest BCUT2D eigenvalue weighted by atomic mass is 10.0. The average molecular weight is 528 g/mol. The van der Waals surface area contributed by atoms with Gasteiger partial charge in [0, 0.05) is 24.2 Å². The molecular weight excluding hydrogens is 486 g/mol. The molecule has 0 spiro atoms. The van der Waals surface area contributed by atoms with E-state index in [1.54, 1.807) is 0 Å². The van der Waals surface area contributed by atoms with Crippen LogP contribution in [0.2, 0.25) is 5.02 Å². The molecule has 0 saturated heterocycles. The number of allylic oxidation sites excluding steroid dienone is 2. The number of halogens is 1. The standard InChI is InChI=1S/C27H34ClNO4.C4H8/c1-16(2)32-22-10-11-23(24(28)14-22)26(20-8-9-20)29-15-21-12-19(7-6-18(21)5)13-25(27(30)31)33-17(3)4;1-3-4-2/h6-7,10-12,14,16-17,25,29H,8-9,13,15H2,1-5H3,(H,30,31);3H,1,4H2,2H3. The number of carboxylic acids is 1. The third kappa shape index (κ3) is 10.3. The van der Waals surface area contributed by atoms with Gasteiger partial charge in [-0.2, -0.15) is 0 Å². The van der Waals surface area contributed by atoms with Crippen LogP contribution in [0.1, 0.15) is 76.1 Å². The van der Waals surface area contributed by atoms with E-state index >= 15 is 0 Å². The number of hydrogen-bond donors (Lipinski definition) is 2. The first-order valence-electron chi connectivity index (χ1n) is 13.1. The number of aryl methyl sites for hydroxylation is 1. The summed E-state index contributed by atoms with van der Waals surface area (Å²) in [5.41, 5.74) is 6.63. The van der Waals surface area contributed by atoms with Crippen LogP contribution in [0, 0.1) is 6.92 Å². The van der Waals surface area contributed by atoms with Crippen LogP contribution in [0.25, 0.3) is 5.70 Å². The lowest BCUT2D eigenvalue weighted by Crippen LogP contribution is -2.29. The van der Waals surface area contributed by atoms with Crippen LogP contribution in [-0.2, 0) is 22.5 Å². The minimum atomic E-state index is -0.941. The molecule has 0 aromatic heterocycles. The lowest BCUT2D eigenvalue weighted by molar-refractivity contribution is -0.153. The number of rotatable bonds is 12. The SMILES string of the molecule is C=CCC.Cc1ccc(CC(OC(C)C)C(=O)O)cc1CNC(=C1CC1)c1ccc(OC(C)C)cc1Cl. The number of hydrogen-bond acceptors (Lipinski definition) is 4. The maximum Gasteiger partial charge on any atom is 0.333 e. The zero-order valence-corrected chi connectivity index (χ0v) is 23.8. The largest absolute Gasteiger partial charge is 0.491 e. The number of carbonyl (C=O) groups is 1. The monoisotopic (exact) mass is 527 g/mol. The Kier molecular flexibility index (Phi) is 12.2. The zero-order valence-electron chi connectivity index (χ0n) is 23.1. The number of carboxylic acid groups (broad SMARTS) is 1. The van der Waals surface area contributed by atoms with E-state index in [4.69, 9.17) is 21.1 Å². The highest BCUT2D eigenvalue weighted by atomic mass is 35.5. The van der Waals surface area contributed by atoms with Crippen molar-refractivity contribution in [3.05, 3.63) is 81.9 Å². The molecule has 5 nitrogen and oxygen atoms in total. The summed E-state index contributed by atoms with van der Waals surface area (Å²) in [4.78, 5) is 11.6. The van der Waals surface area contributed by atoms with Gasteiger partial charge >= 0.3 is 5.97 Å². The van der Waals surface area contributed by atoms with Gasteiger partial charge in [-0.3, -0.25) is 0 Å². The van der Waals surface area contributed by atoms with Crippen LogP contribution >= 0.6 is 11.6 Å². The molecule has 0 aliphatic heterocycles. The molecule has 6 heteroatoms. The Morgan fingerprint density at radius 3 is 2.32 bits per heavy atom. The molecule has 1 aliphatic rings. The molecule has 1 atom stereocenters. The maximum atomic E-state index is 11.6. The van der Waals surface area contributed by atoms with Gasteiger partial charge in [0.25, 0.3) is 0 Å². The van der Waals surface area contributed by atoms with Crippen LogP contribution in [0.4, 0.5) is 0 Å². The van der Waals surface area contributed by atoms with Crippen molar-refractivity contribution in [2.24, 2.45) is 0 Å². The zero-order chi connectivity index (χ0) is 27.5. The van der Waals surface area contributed by atoms with Gasteiger partial charge in [0.2, 0.25) is 0 Å². The summed E-state index contributed by atoms with van der Waals surface area (Å²) >= 11 is 6.62. The second-order valence-electron chi connectivity index (χ2n) is 9.81. The Morgan fingerprint density at radius 1 is 1.14 bits per heavy atom. The van der Waals surface area contributed by atoms with Crippen LogP contribution in [0.3, 0.4) is 0 Å². The molecular formula is C31H42ClNO4. The first-order chi connectivity index (χ1) is 17.5. The lowest BCUT2D eigenvalue weighted by Gasteiger charge is -2.18. The summed E-state index contributed by atoms with van der Waals surface area (Å²) in [6, 6.07) is 11.9. The van der Waals surface area contributed by atoms with E-state index < -0.39 is 12.1 Å². The summed E-state index contributed by atoms with van der Waals surface area (Å²) in [5, 5.41) is 13.8. The molecule has 1 unspecified atom stereocenters. The van der Waals surface area contributed by atoms with Gasteiger partial charge < -0.3 is 19.9 Å². The normalized spacial score (nSPS) is 13.1. The van der Waals surface area contributed by atoms with Crippen LogP contribution in [-0.4, -0.2) is 29.4 Å². The fraction of sp³-hybridized carbons (Fsp3) is 0.452. The van der Waals surface area contributed by atoms with E-state index in [2.05, 4.69) is 31.8 Å². The van der Waals surface area contributed by atoms with Crippen LogP contribution in [0.5, 0.6) is 5.75 Å². The Labute approximate surface area is 227 Å². The molecule has 0 amide bonds. The minimum Gasteiger partial charge on any atom is -0.491 e. The first kappa shape index (κ1) is 30.5. The first-order valence-corrected chi connectivity index (χ1v) is 13.4. The minimum absolute atomic E-state index is 0.0909. The Bertz CT molecular complexity index is 1080. The average Bonchev–Trinajstić information content (AvgIpc) is 3.66. The van der Waals surface area contributed by atoms with Crippen molar-refractivity contribution in [2.75, 3.05) is 0 Å². The van der Waals surface area contributed by atoms with Crippen LogP contribution < -0.4 is 10.1 Å². The molecule has 2 aromatic carbocycles. The molecule has 202 valence electrons. The Balaban J connectivity index is 0.00000112. The molecule has 0 bridgehead atoms. The quantitative estimate of drug-likeness (QED) is 0.276. The predicted octanol–water partition coefficient (Wildman–Crippen LogP) is 7.73. The van der Waals surface area contributed by atoms with E-state index in [-0.39, 0.29) is 12.2 Å². The van der Waals surface area contributed by atoms with Crippen molar-refractivity contribution in [1.29, 1.82) is 0 Å². The highest BCUT2D eigenvalue weighted by Crippen LogP contribution is 2.38. The maximum absolute atomic E-state index is 11.6. The molecule has 1 fully saturated rings. The van der Waals surface area contributed by atoms with Crippen molar-refractivity contribution in [2.45, 2.75) is 92.1 Å². The summed E-state index contributed by atoms with van der Waals surface area (Å²) in [6.07, 6.45) is 4.50. The Hall–Kier alpha value is -2.76. The summed E-state index contributed by atoms with van der Waals surface area (Å²) < 4.78 is 11.3. The van der Waals surface area contributed by atoms with E-state index in [1.165, 1.54) is 5.57 Å². The van der Waals surface area contributed by atoms with Gasteiger partial charge in [-0.25, -0.2) is 4.79 Å². The molecule has 3 rings (SSSR count). The Morgan fingerprint density at radius 2 is 1.81 bits per heavy atom. The topological polar surface area (TPSA) is 67.8 Å². The number of ether oxygens (including phenoxy) is 2. The number of benzene rings is 2. The highest BCUT2D eigenvalue weighted by Gasteiger charge is 2.22. The molecule has 1 saturated carbocycles. The highest BCUT2D eigenvalue weighted by molar-refractivity contribution is 6.32. The molecule has 2 aromatic rings. The molecule has 37 heavy (non-hydrogen) atoms. The van der Waals surface area contributed by atoms with Crippen molar-refractivity contribution in [3.63, 3.8) is 0 Å². The van der Waals surface area contributed by atoms with Gasteiger partial charge in [-0.1, -0.05) is 42.8 Å². The smallest absolute Gasteiger partial charge is 0.333 e. The fourth-order valence-corrected chi connectivity index (χ4v) is 3.99. The third-order valence-corrected chi connectivity index (χ3v) is 6.04. The van der Waals surface area contributed by atoms with Crippen molar-refractivity contribution >= 4 is 23.3 Å². The third-order valence-electron chi connectivity index (χ3n) is 5.73. The van der Waals surface area contributed by atoms with E-state index in [0.717, 1.165) is 53.0 Å². The molecule has 0 heterocycles. The van der Waals surface area contributed by atoms with Gasteiger partial charge in [-0.15, -0.1) is 6.58 Å². The van der Waals surface area contributed by atoms with E-state index in [9.17, 15) is 9.90 Å². The molecule has 1 aliphatic carbocycles. The molecule has 2 N–H and O–H groups in total. The van der Waals surface area contributed by atoms with Crippen molar-refractivity contribution in [3.8, 4) is 5.75 Å². The second kappa shape index (κ2) is 14.8. The second-order valence-corrected chi connectivity index (χ2v) is 10.2. The van der Waals surface area contributed by atoms with Gasteiger partial charge in [0.1, 0.15) is 5.75 Å². The number of aliphatic carboxylic acids is 1. The predicted molar refractivity (Wildman–Crippen MR) is 153 cm³/mol. The molecule has 0 radical (unpaired) electrons.